The summed E-state index contributed by atoms with van der Waals surface area (Å²) in [5.41, 5.74) is 3.18. The minimum absolute atomic E-state index is 0.231. The van der Waals surface area contributed by atoms with Crippen molar-refractivity contribution in [3.63, 3.8) is 0 Å². The fourth-order valence-corrected chi connectivity index (χ4v) is 3.74. The first kappa shape index (κ1) is 21.5. The van der Waals surface area contributed by atoms with Gasteiger partial charge in [-0.1, -0.05) is 79.3 Å². The van der Waals surface area contributed by atoms with Gasteiger partial charge in [0.05, 0.1) is 6.61 Å². The third kappa shape index (κ3) is 4.62. The minimum Gasteiger partial charge on any atom is -0.462 e. The summed E-state index contributed by atoms with van der Waals surface area (Å²) in [4.78, 5) is 17.6. The molecule has 4 rings (SSSR count). The van der Waals surface area contributed by atoms with Crippen LogP contribution in [-0.2, 0) is 4.74 Å². The Balaban J connectivity index is 1.91. The Morgan fingerprint density at radius 3 is 2.34 bits per heavy atom. The molecule has 0 atom stereocenters. The molecule has 0 saturated heterocycles. The number of esters is 1. The number of nitrogens with zero attached hydrogens (tertiary/aromatic N) is 4. The zero-order valence-electron chi connectivity index (χ0n) is 17.7. The summed E-state index contributed by atoms with van der Waals surface area (Å²) < 4.78 is 5.41. The highest BCUT2D eigenvalue weighted by atomic mass is 32.2. The molecule has 2 N–H and O–H groups in total. The third-order valence-corrected chi connectivity index (χ3v) is 5.27. The number of ether oxygens (including phenoxy) is 1. The molecule has 9 heteroatoms. The summed E-state index contributed by atoms with van der Waals surface area (Å²) in [5, 5.41) is 19.5. The summed E-state index contributed by atoms with van der Waals surface area (Å²) >= 11 is 1.50. The summed E-state index contributed by atoms with van der Waals surface area (Å²) in [6, 6.07) is 19.2. The second-order valence-corrected chi connectivity index (χ2v) is 7.86. The van der Waals surface area contributed by atoms with Gasteiger partial charge in [0.15, 0.2) is 5.82 Å². The SMILES string of the molecule is CCOC(=O)c1c(Nc2nc(SCC)n[nH]2)nnc(-c2ccccc2)c1-c1ccccc1. The lowest BCUT2D eigenvalue weighted by molar-refractivity contribution is 0.0528. The van der Waals surface area contributed by atoms with Crippen LogP contribution in [0.5, 0.6) is 0 Å². The number of thioether (sulfide) groups is 1. The molecule has 0 bridgehead atoms. The van der Waals surface area contributed by atoms with Crippen LogP contribution in [0.1, 0.15) is 24.2 Å². The average Bonchev–Trinajstić information content (AvgIpc) is 3.27. The molecule has 0 aliphatic rings. The average molecular weight is 447 g/mol. The van der Waals surface area contributed by atoms with E-state index in [-0.39, 0.29) is 18.0 Å². The molecule has 0 fully saturated rings. The number of hydrogen-bond donors (Lipinski definition) is 2. The maximum absolute atomic E-state index is 13.2. The van der Waals surface area contributed by atoms with Crippen LogP contribution in [0.4, 0.5) is 11.8 Å². The first-order chi connectivity index (χ1) is 15.7. The molecule has 0 aliphatic heterocycles. The van der Waals surface area contributed by atoms with Gasteiger partial charge < -0.3 is 10.1 Å². The van der Waals surface area contributed by atoms with Crippen molar-refractivity contribution in [3.8, 4) is 22.4 Å². The molecule has 0 amide bonds. The number of rotatable bonds is 8. The van der Waals surface area contributed by atoms with Gasteiger partial charge in [-0.25, -0.2) is 9.89 Å². The summed E-state index contributed by atoms with van der Waals surface area (Å²) in [6.07, 6.45) is 0. The van der Waals surface area contributed by atoms with Gasteiger partial charge in [-0.15, -0.1) is 15.3 Å². The summed E-state index contributed by atoms with van der Waals surface area (Å²) in [7, 11) is 0. The summed E-state index contributed by atoms with van der Waals surface area (Å²) in [5.74, 6) is 0.955. The third-order valence-electron chi connectivity index (χ3n) is 4.54. The highest BCUT2D eigenvalue weighted by Gasteiger charge is 2.26. The monoisotopic (exact) mass is 446 g/mol. The molecule has 0 saturated carbocycles. The molecular weight excluding hydrogens is 424 g/mol. The molecule has 162 valence electrons. The second-order valence-electron chi connectivity index (χ2n) is 6.62. The van der Waals surface area contributed by atoms with Gasteiger partial charge in [0.2, 0.25) is 11.1 Å². The van der Waals surface area contributed by atoms with Crippen LogP contribution in [0.3, 0.4) is 0 Å². The zero-order valence-corrected chi connectivity index (χ0v) is 18.5. The number of carbonyl (C=O) groups excluding carboxylic acids is 1. The van der Waals surface area contributed by atoms with Gasteiger partial charge in [-0.3, -0.25) is 0 Å². The predicted octanol–water partition coefficient (Wildman–Crippen LogP) is 4.96. The van der Waals surface area contributed by atoms with Crippen LogP contribution in [0.25, 0.3) is 22.4 Å². The number of aromatic amines is 1. The maximum atomic E-state index is 13.2. The van der Waals surface area contributed by atoms with Gasteiger partial charge in [0, 0.05) is 11.1 Å². The largest absolute Gasteiger partial charge is 0.462 e. The van der Waals surface area contributed by atoms with Gasteiger partial charge in [0.25, 0.3) is 0 Å². The molecule has 0 radical (unpaired) electrons. The lowest BCUT2D eigenvalue weighted by Gasteiger charge is -2.16. The predicted molar refractivity (Wildman–Crippen MR) is 125 cm³/mol. The van der Waals surface area contributed by atoms with E-state index in [1.54, 1.807) is 6.92 Å². The topological polar surface area (TPSA) is 106 Å². The van der Waals surface area contributed by atoms with E-state index in [9.17, 15) is 4.79 Å². The molecule has 0 aliphatic carbocycles. The Hall–Kier alpha value is -3.72. The zero-order chi connectivity index (χ0) is 22.3. The highest BCUT2D eigenvalue weighted by molar-refractivity contribution is 7.99. The van der Waals surface area contributed by atoms with Crippen molar-refractivity contribution in [2.45, 2.75) is 19.0 Å². The fourth-order valence-electron chi connectivity index (χ4n) is 3.22. The van der Waals surface area contributed by atoms with Crippen molar-refractivity contribution in [1.29, 1.82) is 0 Å². The number of nitrogens with one attached hydrogen (secondary N) is 2. The standard InChI is InChI=1S/C23H22N6O2S/c1-3-31-21(30)18-17(15-11-7-5-8-12-15)19(16-13-9-6-10-14-16)26-27-20(18)24-22-25-23(29-28-22)32-4-2/h5-14H,3-4H2,1-2H3,(H2,24,25,27,28,29). The number of carbonyl (C=O) groups is 1. The molecule has 2 aromatic carbocycles. The lowest BCUT2D eigenvalue weighted by atomic mass is 9.95. The molecule has 4 aromatic rings. The Morgan fingerprint density at radius 1 is 1.00 bits per heavy atom. The van der Waals surface area contributed by atoms with Gasteiger partial charge in [-0.2, -0.15) is 4.98 Å². The molecule has 8 nitrogen and oxygen atoms in total. The Bertz CT molecular complexity index is 1200. The van der Waals surface area contributed by atoms with E-state index in [2.05, 4.69) is 30.7 Å². The molecule has 2 aromatic heterocycles. The van der Waals surface area contributed by atoms with Crippen LogP contribution in [0.2, 0.25) is 0 Å². The van der Waals surface area contributed by atoms with Crippen molar-refractivity contribution in [3.05, 3.63) is 66.2 Å². The van der Waals surface area contributed by atoms with Crippen LogP contribution >= 0.6 is 11.8 Å². The van der Waals surface area contributed by atoms with E-state index < -0.39 is 5.97 Å². The number of benzene rings is 2. The fraction of sp³-hybridized carbons (Fsp3) is 0.174. The van der Waals surface area contributed by atoms with Crippen molar-refractivity contribution in [1.82, 2.24) is 25.4 Å². The second kappa shape index (κ2) is 10.1. The van der Waals surface area contributed by atoms with E-state index >= 15 is 0 Å². The van der Waals surface area contributed by atoms with Crippen LogP contribution < -0.4 is 5.32 Å². The smallest absolute Gasteiger partial charge is 0.342 e. The molecule has 2 heterocycles. The highest BCUT2D eigenvalue weighted by Crippen LogP contribution is 2.37. The molecule has 0 spiro atoms. The number of aromatic nitrogens is 5. The maximum Gasteiger partial charge on any atom is 0.342 e. The molecule has 0 unspecified atom stereocenters. The van der Waals surface area contributed by atoms with Crippen molar-refractivity contribution >= 4 is 29.5 Å². The van der Waals surface area contributed by atoms with Crippen molar-refractivity contribution in [2.24, 2.45) is 0 Å². The van der Waals surface area contributed by atoms with Gasteiger partial charge in [0.1, 0.15) is 11.3 Å². The Kier molecular flexibility index (Phi) is 6.76. The normalized spacial score (nSPS) is 10.7. The van der Waals surface area contributed by atoms with Crippen molar-refractivity contribution in [2.75, 3.05) is 17.7 Å². The van der Waals surface area contributed by atoms with Crippen LogP contribution in [-0.4, -0.2) is 43.7 Å². The summed E-state index contributed by atoms with van der Waals surface area (Å²) in [6.45, 7) is 4.02. The number of hydrogen-bond acceptors (Lipinski definition) is 8. The quantitative estimate of drug-likeness (QED) is 0.289. The van der Waals surface area contributed by atoms with E-state index in [1.165, 1.54) is 11.8 Å². The van der Waals surface area contributed by atoms with E-state index in [1.807, 2.05) is 67.6 Å². The lowest BCUT2D eigenvalue weighted by Crippen LogP contribution is -2.14. The minimum atomic E-state index is -0.497. The van der Waals surface area contributed by atoms with E-state index in [0.717, 1.165) is 16.9 Å². The van der Waals surface area contributed by atoms with Crippen LogP contribution in [0.15, 0.2) is 65.8 Å². The van der Waals surface area contributed by atoms with Crippen LogP contribution in [0, 0.1) is 0 Å². The molecular formula is C23H22N6O2S. The first-order valence-electron chi connectivity index (χ1n) is 10.2. The Labute approximate surface area is 189 Å². The number of anilines is 2. The van der Waals surface area contributed by atoms with Gasteiger partial charge in [-0.05, 0) is 18.2 Å². The van der Waals surface area contributed by atoms with E-state index in [4.69, 9.17) is 4.74 Å². The van der Waals surface area contributed by atoms with Crippen molar-refractivity contribution < 1.29 is 9.53 Å². The van der Waals surface area contributed by atoms with E-state index in [0.29, 0.717) is 22.4 Å². The number of H-pyrrole nitrogens is 1. The molecule has 32 heavy (non-hydrogen) atoms. The van der Waals surface area contributed by atoms with Gasteiger partial charge >= 0.3 is 5.97 Å². The first-order valence-corrected chi connectivity index (χ1v) is 11.2. The Morgan fingerprint density at radius 2 is 1.69 bits per heavy atom.